The second-order valence-corrected chi connectivity index (χ2v) is 23.7. The molecule has 1 spiro atoms. The molecule has 4 unspecified atom stereocenters. The van der Waals surface area contributed by atoms with Crippen molar-refractivity contribution in [2.45, 2.75) is 160 Å². The van der Waals surface area contributed by atoms with E-state index in [1.54, 1.807) is 49.5 Å². The van der Waals surface area contributed by atoms with Gasteiger partial charge in [-0.1, -0.05) is 43.5 Å². The molecule has 0 aliphatic heterocycles. The average molecular weight is 836 g/mol. The molecule has 5 fully saturated rings. The first-order valence-corrected chi connectivity index (χ1v) is 26.0. The highest BCUT2D eigenvalue weighted by Gasteiger charge is 2.51. The van der Waals surface area contributed by atoms with Gasteiger partial charge < -0.3 is 4.40 Å². The van der Waals surface area contributed by atoms with Crippen molar-refractivity contribution in [1.29, 1.82) is 0 Å². The van der Waals surface area contributed by atoms with Gasteiger partial charge in [-0.25, -0.2) is 0 Å². The first-order valence-electron chi connectivity index (χ1n) is 26.0. The maximum absolute atomic E-state index is 5.70. The predicted molar refractivity (Wildman–Crippen MR) is 264 cm³/mol. The lowest BCUT2D eigenvalue weighted by Crippen LogP contribution is -2.28. The van der Waals surface area contributed by atoms with Gasteiger partial charge in [0.15, 0.2) is 0 Å². The molecule has 4 atom stereocenters. The molecular weight excluding hydrogens is 775 g/mol. The van der Waals surface area contributed by atoms with E-state index < -0.39 is 0 Å². The zero-order chi connectivity index (χ0) is 42.2. The third-order valence-corrected chi connectivity index (χ3v) is 20.9. The summed E-state index contributed by atoms with van der Waals surface area (Å²) in [6.07, 6.45) is 24.9. The van der Waals surface area contributed by atoms with E-state index in [0.29, 0.717) is 23.7 Å². The number of fused-ring (bicyclic) bond motifs is 14. The minimum Gasteiger partial charge on any atom is -0.305 e. The number of nitrogens with zero attached hydrogens (tertiary/aromatic N) is 3. The molecule has 3 heteroatoms. The summed E-state index contributed by atoms with van der Waals surface area (Å²) in [6, 6.07) is 15.2. The van der Waals surface area contributed by atoms with Gasteiger partial charge in [0, 0.05) is 50.2 Å². The second kappa shape index (κ2) is 12.2. The van der Waals surface area contributed by atoms with Gasteiger partial charge in [0.2, 0.25) is 0 Å². The molecule has 0 amide bonds. The molecule has 10 aliphatic rings. The van der Waals surface area contributed by atoms with Crippen LogP contribution in [0.5, 0.6) is 0 Å². The van der Waals surface area contributed by atoms with E-state index in [9.17, 15) is 0 Å². The van der Waals surface area contributed by atoms with E-state index in [4.69, 9.17) is 9.97 Å². The summed E-state index contributed by atoms with van der Waals surface area (Å²) >= 11 is 0. The van der Waals surface area contributed by atoms with E-state index in [2.05, 4.69) is 87.8 Å². The van der Waals surface area contributed by atoms with Crippen LogP contribution >= 0.6 is 0 Å². The highest BCUT2D eigenvalue weighted by molar-refractivity contribution is 6.29. The Morgan fingerprint density at radius 1 is 0.500 bits per heavy atom. The zero-order valence-corrected chi connectivity index (χ0v) is 38.7. The Labute approximate surface area is 377 Å². The van der Waals surface area contributed by atoms with Crippen LogP contribution in [0.25, 0.3) is 71.1 Å². The summed E-state index contributed by atoms with van der Waals surface area (Å²) in [5.74, 6) is 5.94. The topological polar surface area (TPSA) is 30.2 Å². The third-order valence-electron chi connectivity index (χ3n) is 20.9. The van der Waals surface area contributed by atoms with Crippen molar-refractivity contribution in [3.05, 3.63) is 110 Å². The van der Waals surface area contributed by atoms with E-state index in [1.807, 2.05) is 0 Å². The van der Waals surface area contributed by atoms with Gasteiger partial charge in [0.25, 0.3) is 0 Å². The van der Waals surface area contributed by atoms with Crippen LogP contribution < -0.4 is 0 Å². The van der Waals surface area contributed by atoms with Crippen LogP contribution in [-0.4, -0.2) is 14.4 Å². The molecule has 18 rings (SSSR count). The molecule has 3 nitrogen and oxygen atoms in total. The number of rotatable bonds is 1. The summed E-state index contributed by atoms with van der Waals surface area (Å²) in [7, 11) is 0. The number of hydrogen-bond acceptors (Lipinski definition) is 2. The van der Waals surface area contributed by atoms with Crippen molar-refractivity contribution in [2.75, 3.05) is 0 Å². The lowest BCUT2D eigenvalue weighted by atomic mass is 9.66. The molecule has 4 aromatic heterocycles. The minimum atomic E-state index is -0.0320. The molecule has 0 radical (unpaired) electrons. The van der Waals surface area contributed by atoms with Gasteiger partial charge in [0.05, 0.1) is 28.9 Å². The number of aromatic nitrogens is 3. The van der Waals surface area contributed by atoms with Crippen molar-refractivity contribution in [1.82, 2.24) is 14.4 Å². The van der Waals surface area contributed by atoms with Crippen molar-refractivity contribution in [2.24, 2.45) is 23.7 Å². The van der Waals surface area contributed by atoms with Crippen LogP contribution in [0, 0.1) is 58.3 Å². The molecule has 5 saturated carbocycles. The monoisotopic (exact) mass is 835 g/mol. The first kappa shape index (κ1) is 36.5. The van der Waals surface area contributed by atoms with Gasteiger partial charge >= 0.3 is 0 Å². The van der Waals surface area contributed by atoms with E-state index in [-0.39, 0.29) is 5.41 Å². The molecule has 0 saturated heterocycles. The van der Waals surface area contributed by atoms with E-state index >= 15 is 0 Å². The Hall–Kier alpha value is -4.76. The number of benzene rings is 4. The molecule has 0 N–H and O–H groups in total. The van der Waals surface area contributed by atoms with Gasteiger partial charge in [-0.3, -0.25) is 9.97 Å². The highest BCUT2D eigenvalue weighted by Crippen LogP contribution is 2.66. The average Bonchev–Trinajstić information content (AvgIpc) is 3.81. The van der Waals surface area contributed by atoms with Gasteiger partial charge in [-0.05, 0) is 242 Å². The van der Waals surface area contributed by atoms with Crippen LogP contribution in [0.3, 0.4) is 0 Å². The fourth-order valence-electron chi connectivity index (χ4n) is 18.4. The molecule has 8 aromatic rings. The van der Waals surface area contributed by atoms with Gasteiger partial charge in [-0.15, -0.1) is 0 Å². The molecule has 10 aliphatic carbocycles. The Kier molecular flexibility index (Phi) is 6.93. The Morgan fingerprint density at radius 3 is 1.64 bits per heavy atom. The van der Waals surface area contributed by atoms with Crippen LogP contribution in [-0.2, 0) is 5.41 Å². The third kappa shape index (κ3) is 4.26. The summed E-state index contributed by atoms with van der Waals surface area (Å²) in [6.45, 7) is 11.9. The van der Waals surface area contributed by atoms with E-state index in [0.717, 1.165) is 23.7 Å². The quantitative estimate of drug-likeness (QED) is 0.165. The zero-order valence-electron chi connectivity index (χ0n) is 38.7. The maximum Gasteiger partial charge on any atom is 0.0728 e. The fourth-order valence-corrected chi connectivity index (χ4v) is 18.4. The minimum absolute atomic E-state index is 0.0320. The largest absolute Gasteiger partial charge is 0.305 e. The first-order chi connectivity index (χ1) is 31.3. The van der Waals surface area contributed by atoms with Crippen molar-refractivity contribution in [3.63, 3.8) is 0 Å². The number of pyridine rings is 2. The van der Waals surface area contributed by atoms with Crippen LogP contribution in [0.2, 0.25) is 0 Å². The Morgan fingerprint density at radius 2 is 1.03 bits per heavy atom. The smallest absolute Gasteiger partial charge is 0.0728 e. The molecule has 4 aromatic carbocycles. The van der Waals surface area contributed by atoms with Crippen LogP contribution in [0.15, 0.2) is 48.8 Å². The lowest BCUT2D eigenvalue weighted by molar-refractivity contribution is 0.165. The highest BCUT2D eigenvalue weighted by atomic mass is 15.0. The molecule has 320 valence electrons. The van der Waals surface area contributed by atoms with Gasteiger partial charge in [-0.2, -0.15) is 0 Å². The molecular formula is C61H61N3. The molecule has 8 bridgehead atoms. The normalized spacial score (nSPS) is 29.1. The summed E-state index contributed by atoms with van der Waals surface area (Å²) < 4.78 is 2.77. The van der Waals surface area contributed by atoms with Crippen LogP contribution in [0.4, 0.5) is 0 Å². The lowest BCUT2D eigenvalue weighted by Gasteiger charge is -2.38. The summed E-state index contributed by atoms with van der Waals surface area (Å²) in [5, 5.41) is 9.21. The summed E-state index contributed by atoms with van der Waals surface area (Å²) in [5.41, 5.74) is 27.2. The summed E-state index contributed by atoms with van der Waals surface area (Å²) in [4.78, 5) is 11.3. The standard InChI is InChI=1S/C61H61N3/c1-29-30(2)32(4)50(33(5)31(29)3)44-26-47-53(43-12-8-7-11-42(43)44)45-25-46-54-48(27-62-58-40-21-34-15-35(22-40)18-38(17-34)51(54)58)64-49-28-63-59-41-23-36-16-37(24-41)20-39(19-36)52(59)55(49)56(60(46)64)57(45)61(47)13-9-6-10-14-61/h7-8,11-12,25-28,34-41H,6,9-10,13-24H2,1-5H3. The SMILES string of the molecule is Cc1c(C)c(C)c(-c2cc3c(c4ccccc24)-c2cc4c5c6c(ncc5n5c7cnc8c(c7c(c2C32CCCCC2)c45)C2CC3CC(CC8C3)C2)C2CC3CC(C2)CC6C3)c(C)c1C. The van der Waals surface area contributed by atoms with Crippen molar-refractivity contribution < 1.29 is 0 Å². The Bertz CT molecular complexity index is 3390. The predicted octanol–water partition coefficient (Wildman–Crippen LogP) is 16.0. The molecule has 4 heterocycles. The van der Waals surface area contributed by atoms with Gasteiger partial charge in [0.1, 0.15) is 0 Å². The van der Waals surface area contributed by atoms with Crippen molar-refractivity contribution in [3.8, 4) is 22.3 Å². The number of hydrogen-bond donors (Lipinski definition) is 0. The second-order valence-electron chi connectivity index (χ2n) is 23.7. The maximum atomic E-state index is 5.70. The van der Waals surface area contributed by atoms with Crippen LogP contribution in [0.1, 0.15) is 181 Å². The fraction of sp³-hybridized carbons (Fsp3) is 0.475. The Balaban J connectivity index is 1.11. The van der Waals surface area contributed by atoms with Crippen molar-refractivity contribution >= 4 is 48.9 Å². The van der Waals surface area contributed by atoms with E-state index in [1.165, 1.54) is 179 Å². The molecule has 64 heavy (non-hydrogen) atoms.